The maximum Gasteiger partial charge on any atom is 0.222 e. The van der Waals surface area contributed by atoms with E-state index < -0.39 is 0 Å². The number of hydrogen-bond donors (Lipinski definition) is 2. The first-order chi connectivity index (χ1) is 8.60. The molecule has 0 aliphatic heterocycles. The van der Waals surface area contributed by atoms with Gasteiger partial charge in [-0.3, -0.25) is 0 Å². The molecule has 0 radical (unpaired) electrons. The van der Waals surface area contributed by atoms with Crippen LogP contribution in [0.4, 0.5) is 11.8 Å². The highest BCUT2D eigenvalue weighted by Crippen LogP contribution is 2.30. The summed E-state index contributed by atoms with van der Waals surface area (Å²) in [6.07, 6.45) is 6.76. The van der Waals surface area contributed by atoms with E-state index in [1.165, 1.54) is 6.20 Å². The van der Waals surface area contributed by atoms with Crippen LogP contribution in [0, 0.1) is 15.9 Å². The van der Waals surface area contributed by atoms with Gasteiger partial charge in [-0.1, -0.05) is 5.92 Å². The van der Waals surface area contributed by atoms with E-state index in [1.807, 2.05) is 12.1 Å². The number of rotatable bonds is 2. The number of benzene rings is 1. The Hall–Kier alpha value is -2.01. The Balaban J connectivity index is 2.37. The van der Waals surface area contributed by atoms with E-state index in [0.717, 1.165) is 9.13 Å². The number of halogens is 1. The summed E-state index contributed by atoms with van der Waals surface area (Å²) in [6, 6.07) is 5.44. The molecule has 0 unspecified atom stereocenters. The van der Waals surface area contributed by atoms with Crippen molar-refractivity contribution in [2.75, 3.05) is 11.5 Å². The minimum atomic E-state index is 0.104. The number of hydrogen-bond acceptors (Lipinski definition) is 5. The molecule has 0 amide bonds. The Labute approximate surface area is 118 Å². The third kappa shape index (κ3) is 2.62. The molecule has 0 atom stereocenters. The summed E-state index contributed by atoms with van der Waals surface area (Å²) in [5.74, 6) is 3.77. The summed E-state index contributed by atoms with van der Waals surface area (Å²) in [6.45, 7) is 0. The standard InChI is InChI=1S/C12H9IN4O/c1-2-7-3-4-8(13)9(5-7)18-10-6-16-12(15)17-11(10)14/h1,3-6H,(H4,14,15,16,17). The van der Waals surface area contributed by atoms with Crippen LogP contribution in [0.25, 0.3) is 0 Å². The maximum atomic E-state index is 5.69. The van der Waals surface area contributed by atoms with Crippen LogP contribution in [0.15, 0.2) is 24.4 Å². The summed E-state index contributed by atoms with van der Waals surface area (Å²) >= 11 is 2.14. The number of anilines is 2. The van der Waals surface area contributed by atoms with Crippen LogP contribution in [0.5, 0.6) is 11.5 Å². The lowest BCUT2D eigenvalue weighted by molar-refractivity contribution is 0.477. The summed E-state index contributed by atoms with van der Waals surface area (Å²) in [7, 11) is 0. The van der Waals surface area contributed by atoms with Gasteiger partial charge in [0.1, 0.15) is 5.75 Å². The number of nitrogen functional groups attached to an aromatic ring is 2. The highest BCUT2D eigenvalue weighted by Gasteiger charge is 2.08. The van der Waals surface area contributed by atoms with Gasteiger partial charge in [-0.2, -0.15) is 4.98 Å². The maximum absolute atomic E-state index is 5.69. The minimum Gasteiger partial charge on any atom is -0.451 e. The van der Waals surface area contributed by atoms with E-state index in [4.69, 9.17) is 22.6 Å². The molecule has 0 aliphatic carbocycles. The van der Waals surface area contributed by atoms with Crippen molar-refractivity contribution in [2.45, 2.75) is 0 Å². The van der Waals surface area contributed by atoms with E-state index >= 15 is 0 Å². The fourth-order valence-electron chi connectivity index (χ4n) is 1.27. The molecule has 5 nitrogen and oxygen atoms in total. The van der Waals surface area contributed by atoms with Gasteiger partial charge >= 0.3 is 0 Å². The molecule has 90 valence electrons. The second-order valence-electron chi connectivity index (χ2n) is 3.37. The van der Waals surface area contributed by atoms with Crippen LogP contribution < -0.4 is 16.2 Å². The van der Waals surface area contributed by atoms with Crippen molar-refractivity contribution in [1.29, 1.82) is 0 Å². The molecule has 6 heteroatoms. The zero-order chi connectivity index (χ0) is 13.1. The first kappa shape index (κ1) is 12.4. The molecule has 0 saturated carbocycles. The van der Waals surface area contributed by atoms with Gasteiger partial charge in [0, 0.05) is 5.56 Å². The minimum absolute atomic E-state index is 0.104. The first-order valence-electron chi connectivity index (χ1n) is 4.92. The first-order valence-corrected chi connectivity index (χ1v) is 6.00. The molecule has 0 aliphatic rings. The number of ether oxygens (including phenoxy) is 1. The van der Waals surface area contributed by atoms with Gasteiger partial charge in [-0.25, -0.2) is 4.98 Å². The van der Waals surface area contributed by atoms with Gasteiger partial charge in [0.2, 0.25) is 5.95 Å². The molecule has 18 heavy (non-hydrogen) atoms. The van der Waals surface area contributed by atoms with Gasteiger partial charge in [-0.05, 0) is 40.8 Å². The molecule has 0 fully saturated rings. The van der Waals surface area contributed by atoms with E-state index in [9.17, 15) is 0 Å². The Morgan fingerprint density at radius 1 is 1.28 bits per heavy atom. The van der Waals surface area contributed by atoms with E-state index in [2.05, 4.69) is 38.5 Å². The Kier molecular flexibility index (Phi) is 3.53. The molecule has 1 aromatic carbocycles. The number of nitrogens with zero attached hydrogens (tertiary/aromatic N) is 2. The molecule has 2 rings (SSSR count). The molecular weight excluding hydrogens is 343 g/mol. The molecule has 0 bridgehead atoms. The zero-order valence-electron chi connectivity index (χ0n) is 9.22. The van der Waals surface area contributed by atoms with Crippen LogP contribution in [0.2, 0.25) is 0 Å². The predicted octanol–water partition coefficient (Wildman–Crippen LogP) is 2.02. The summed E-state index contributed by atoms with van der Waals surface area (Å²) in [5.41, 5.74) is 11.8. The lowest BCUT2D eigenvalue weighted by Crippen LogP contribution is -2.01. The van der Waals surface area contributed by atoms with Crippen molar-refractivity contribution in [3.8, 4) is 23.8 Å². The predicted molar refractivity (Wildman–Crippen MR) is 78.0 cm³/mol. The van der Waals surface area contributed by atoms with Crippen LogP contribution in [-0.2, 0) is 0 Å². The van der Waals surface area contributed by atoms with Crippen LogP contribution >= 0.6 is 22.6 Å². The molecular formula is C12H9IN4O. The normalized spacial score (nSPS) is 9.78. The highest BCUT2D eigenvalue weighted by molar-refractivity contribution is 14.1. The topological polar surface area (TPSA) is 87.0 Å². The third-order valence-corrected chi connectivity index (χ3v) is 3.01. The van der Waals surface area contributed by atoms with Gasteiger partial charge in [0.25, 0.3) is 0 Å². The lowest BCUT2D eigenvalue weighted by Gasteiger charge is -2.09. The Morgan fingerprint density at radius 2 is 2.06 bits per heavy atom. The van der Waals surface area contributed by atoms with E-state index in [0.29, 0.717) is 11.5 Å². The fraction of sp³-hybridized carbons (Fsp3) is 0. The quantitative estimate of drug-likeness (QED) is 0.638. The molecule has 0 spiro atoms. The van der Waals surface area contributed by atoms with Crippen molar-refractivity contribution < 1.29 is 4.74 Å². The van der Waals surface area contributed by atoms with Crippen LogP contribution in [0.3, 0.4) is 0 Å². The smallest absolute Gasteiger partial charge is 0.222 e. The molecule has 0 saturated heterocycles. The molecule has 4 N–H and O–H groups in total. The van der Waals surface area contributed by atoms with Gasteiger partial charge in [-0.15, -0.1) is 6.42 Å². The van der Waals surface area contributed by atoms with Crippen molar-refractivity contribution in [3.05, 3.63) is 33.5 Å². The highest BCUT2D eigenvalue weighted by atomic mass is 127. The average Bonchev–Trinajstić information content (AvgIpc) is 2.35. The molecule has 2 aromatic rings. The van der Waals surface area contributed by atoms with Gasteiger partial charge in [0.15, 0.2) is 11.6 Å². The van der Waals surface area contributed by atoms with Crippen molar-refractivity contribution in [3.63, 3.8) is 0 Å². The zero-order valence-corrected chi connectivity index (χ0v) is 11.4. The monoisotopic (exact) mass is 352 g/mol. The van der Waals surface area contributed by atoms with Crippen LogP contribution in [0.1, 0.15) is 5.56 Å². The van der Waals surface area contributed by atoms with Gasteiger partial charge < -0.3 is 16.2 Å². The van der Waals surface area contributed by atoms with Crippen molar-refractivity contribution in [2.24, 2.45) is 0 Å². The van der Waals surface area contributed by atoms with Crippen LogP contribution in [-0.4, -0.2) is 9.97 Å². The van der Waals surface area contributed by atoms with Gasteiger partial charge in [0.05, 0.1) is 9.77 Å². The average molecular weight is 352 g/mol. The Bertz CT molecular complexity index is 636. The van der Waals surface area contributed by atoms with Crippen molar-refractivity contribution >= 4 is 34.4 Å². The lowest BCUT2D eigenvalue weighted by atomic mass is 10.2. The summed E-state index contributed by atoms with van der Waals surface area (Å²) in [4.78, 5) is 7.65. The molecule has 1 heterocycles. The molecule has 1 aromatic heterocycles. The largest absolute Gasteiger partial charge is 0.451 e. The second-order valence-corrected chi connectivity index (χ2v) is 4.53. The summed E-state index contributed by atoms with van der Waals surface area (Å²) in [5, 5.41) is 0. The SMILES string of the molecule is C#Cc1ccc(I)c(Oc2cnc(N)nc2N)c1. The number of terminal acetylenes is 1. The Morgan fingerprint density at radius 3 is 2.72 bits per heavy atom. The summed E-state index contributed by atoms with van der Waals surface area (Å²) < 4.78 is 6.53. The number of nitrogens with two attached hydrogens (primary N) is 2. The second kappa shape index (κ2) is 5.10. The fourth-order valence-corrected chi connectivity index (χ4v) is 1.71. The third-order valence-electron chi connectivity index (χ3n) is 2.12. The van der Waals surface area contributed by atoms with E-state index in [-0.39, 0.29) is 11.8 Å². The number of aromatic nitrogens is 2. The van der Waals surface area contributed by atoms with E-state index in [1.54, 1.807) is 6.07 Å². The van der Waals surface area contributed by atoms with Crippen molar-refractivity contribution in [1.82, 2.24) is 9.97 Å².